The maximum absolute atomic E-state index is 5.96. The molecule has 2 nitrogen and oxygen atoms in total. The van der Waals surface area contributed by atoms with Crippen LogP contribution in [0.4, 0.5) is 0 Å². The van der Waals surface area contributed by atoms with Crippen LogP contribution in [0.2, 0.25) is 0 Å². The lowest BCUT2D eigenvalue weighted by atomic mass is 9.88. The van der Waals surface area contributed by atoms with E-state index in [9.17, 15) is 0 Å². The van der Waals surface area contributed by atoms with Crippen molar-refractivity contribution in [2.24, 2.45) is 23.3 Å². The fraction of sp³-hybridized carbons (Fsp3) is 0.385. The van der Waals surface area contributed by atoms with E-state index >= 15 is 0 Å². The molecule has 0 aromatic rings. The zero-order chi connectivity index (χ0) is 12.5. The Morgan fingerprint density at radius 2 is 1.06 bits per heavy atom. The molecular formula is C13H16Cl2N2. The molecule has 2 aliphatic carbocycles. The van der Waals surface area contributed by atoms with Gasteiger partial charge in [0.2, 0.25) is 0 Å². The molecule has 2 rings (SSSR count). The van der Waals surface area contributed by atoms with Crippen molar-refractivity contribution in [1.29, 1.82) is 0 Å². The van der Waals surface area contributed by atoms with Crippen LogP contribution in [0.3, 0.4) is 0 Å². The molecule has 0 unspecified atom stereocenters. The van der Waals surface area contributed by atoms with Crippen molar-refractivity contribution < 1.29 is 0 Å². The Labute approximate surface area is 112 Å². The molecule has 2 aliphatic rings. The maximum Gasteiger partial charge on any atom is 0.128 e. The Bertz CT molecular complexity index is 336. The van der Waals surface area contributed by atoms with Gasteiger partial charge < -0.3 is 11.5 Å². The molecule has 0 aromatic carbocycles. The van der Waals surface area contributed by atoms with Gasteiger partial charge in [0.15, 0.2) is 0 Å². The van der Waals surface area contributed by atoms with Gasteiger partial charge in [0.25, 0.3) is 0 Å². The van der Waals surface area contributed by atoms with Crippen molar-refractivity contribution in [2.45, 2.75) is 16.4 Å². The van der Waals surface area contributed by atoms with Crippen LogP contribution >= 0.6 is 23.2 Å². The molecule has 0 bridgehead atoms. The molecule has 0 aromatic heterocycles. The van der Waals surface area contributed by atoms with Crippen LogP contribution in [0.5, 0.6) is 0 Å². The van der Waals surface area contributed by atoms with E-state index in [2.05, 4.69) is 0 Å². The molecule has 0 fully saturated rings. The lowest BCUT2D eigenvalue weighted by Crippen LogP contribution is -2.31. The van der Waals surface area contributed by atoms with Crippen molar-refractivity contribution in [3.8, 4) is 0 Å². The minimum absolute atomic E-state index is 0.352. The zero-order valence-electron chi connectivity index (χ0n) is 9.39. The third-order valence-electron chi connectivity index (χ3n) is 2.94. The molecule has 17 heavy (non-hydrogen) atoms. The number of rotatable bonds is 2. The molecule has 92 valence electrons. The summed E-state index contributed by atoms with van der Waals surface area (Å²) >= 11 is 11.9. The van der Waals surface area contributed by atoms with Crippen molar-refractivity contribution in [3.05, 3.63) is 48.6 Å². The molecular weight excluding hydrogens is 255 g/mol. The van der Waals surface area contributed by atoms with E-state index in [0.717, 1.165) is 6.42 Å². The van der Waals surface area contributed by atoms with E-state index in [-0.39, 0.29) is 0 Å². The fourth-order valence-electron chi connectivity index (χ4n) is 1.95. The summed E-state index contributed by atoms with van der Waals surface area (Å²) in [4.78, 5) is -1.64. The highest BCUT2D eigenvalue weighted by Crippen LogP contribution is 2.28. The van der Waals surface area contributed by atoms with Crippen LogP contribution in [-0.4, -0.2) is 10.00 Å². The summed E-state index contributed by atoms with van der Waals surface area (Å²) in [7, 11) is 0. The lowest BCUT2D eigenvalue weighted by Gasteiger charge is -2.24. The first-order chi connectivity index (χ1) is 7.86. The molecule has 0 atom stereocenters. The standard InChI is InChI=1S/C13H16Cl2N2/c14-12(16)5-1-10(2-6-12)9-11-3-7-13(15,17)8-4-11/h1-8,10-11H,9,16-17H2. The minimum Gasteiger partial charge on any atom is -0.306 e. The highest BCUT2D eigenvalue weighted by molar-refractivity contribution is 6.26. The summed E-state index contributed by atoms with van der Waals surface area (Å²) in [6.45, 7) is 0. The van der Waals surface area contributed by atoms with Crippen LogP contribution in [0, 0.1) is 11.8 Å². The lowest BCUT2D eigenvalue weighted by molar-refractivity contribution is 0.602. The summed E-state index contributed by atoms with van der Waals surface area (Å²) in [6, 6.07) is 0. The molecule has 0 amide bonds. The second-order valence-electron chi connectivity index (χ2n) is 4.65. The molecule has 0 saturated carbocycles. The Balaban J connectivity index is 1.93. The van der Waals surface area contributed by atoms with Gasteiger partial charge in [0.1, 0.15) is 10.00 Å². The monoisotopic (exact) mass is 270 g/mol. The van der Waals surface area contributed by atoms with Crippen LogP contribution in [0.25, 0.3) is 0 Å². The summed E-state index contributed by atoms with van der Waals surface area (Å²) in [6.07, 6.45) is 16.4. The number of allylic oxidation sites excluding steroid dienone is 4. The van der Waals surface area contributed by atoms with Gasteiger partial charge in [-0.1, -0.05) is 47.5 Å². The average Bonchev–Trinajstić information content (AvgIpc) is 2.24. The van der Waals surface area contributed by atoms with Crippen molar-refractivity contribution in [3.63, 3.8) is 0 Å². The number of alkyl halides is 2. The fourth-order valence-corrected chi connectivity index (χ4v) is 2.24. The second-order valence-corrected chi connectivity index (χ2v) is 5.96. The van der Waals surface area contributed by atoms with E-state index in [1.54, 1.807) is 0 Å². The molecule has 0 heterocycles. The normalized spacial score (nSPS) is 44.2. The first-order valence-corrected chi connectivity index (χ1v) is 6.35. The van der Waals surface area contributed by atoms with Gasteiger partial charge in [0.05, 0.1) is 0 Å². The number of nitrogens with two attached hydrogens (primary N) is 2. The van der Waals surface area contributed by atoms with E-state index in [4.69, 9.17) is 34.7 Å². The predicted molar refractivity (Wildman–Crippen MR) is 73.7 cm³/mol. The maximum atomic E-state index is 5.96. The second kappa shape index (κ2) is 4.62. The first kappa shape index (κ1) is 12.9. The van der Waals surface area contributed by atoms with Crippen LogP contribution in [-0.2, 0) is 0 Å². The highest BCUT2D eigenvalue weighted by atomic mass is 35.5. The first-order valence-electron chi connectivity index (χ1n) is 5.59. The van der Waals surface area contributed by atoms with Crippen molar-refractivity contribution >= 4 is 23.2 Å². The van der Waals surface area contributed by atoms with Gasteiger partial charge in [-0.15, -0.1) is 0 Å². The van der Waals surface area contributed by atoms with Gasteiger partial charge in [-0.2, -0.15) is 0 Å². The Morgan fingerprint density at radius 1 is 0.765 bits per heavy atom. The number of halogens is 2. The Hall–Kier alpha value is -0.540. The number of hydrogen-bond donors (Lipinski definition) is 2. The molecule has 0 spiro atoms. The van der Waals surface area contributed by atoms with Crippen molar-refractivity contribution in [1.82, 2.24) is 0 Å². The van der Waals surface area contributed by atoms with Crippen LogP contribution in [0.1, 0.15) is 6.42 Å². The van der Waals surface area contributed by atoms with Crippen LogP contribution in [0.15, 0.2) is 48.6 Å². The summed E-state index contributed by atoms with van der Waals surface area (Å²) in [5, 5.41) is 0. The van der Waals surface area contributed by atoms with E-state index in [1.165, 1.54) is 0 Å². The Kier molecular flexibility index (Phi) is 3.50. The predicted octanol–water partition coefficient (Wildman–Crippen LogP) is 2.65. The summed E-state index contributed by atoms with van der Waals surface area (Å²) < 4.78 is 0. The third kappa shape index (κ3) is 3.71. The smallest absolute Gasteiger partial charge is 0.128 e. The third-order valence-corrected chi connectivity index (χ3v) is 3.44. The molecule has 0 saturated heterocycles. The quantitative estimate of drug-likeness (QED) is 0.461. The van der Waals surface area contributed by atoms with Crippen LogP contribution < -0.4 is 11.5 Å². The largest absolute Gasteiger partial charge is 0.306 e. The van der Waals surface area contributed by atoms with E-state index in [0.29, 0.717) is 11.8 Å². The highest BCUT2D eigenvalue weighted by Gasteiger charge is 2.22. The molecule has 4 heteroatoms. The SMILES string of the molecule is NC1(Cl)C=CC(CC2C=CC(N)(Cl)C=C2)C=C1. The molecule has 0 radical (unpaired) electrons. The van der Waals surface area contributed by atoms with E-state index < -0.39 is 10.00 Å². The van der Waals surface area contributed by atoms with Gasteiger partial charge in [-0.25, -0.2) is 0 Å². The van der Waals surface area contributed by atoms with Crippen molar-refractivity contribution in [2.75, 3.05) is 0 Å². The topological polar surface area (TPSA) is 52.0 Å². The zero-order valence-corrected chi connectivity index (χ0v) is 10.9. The number of hydrogen-bond acceptors (Lipinski definition) is 2. The Morgan fingerprint density at radius 3 is 1.35 bits per heavy atom. The molecule has 4 N–H and O–H groups in total. The minimum atomic E-state index is -0.822. The summed E-state index contributed by atoms with van der Waals surface area (Å²) in [5.41, 5.74) is 11.5. The average molecular weight is 271 g/mol. The van der Waals surface area contributed by atoms with Gasteiger partial charge >= 0.3 is 0 Å². The van der Waals surface area contributed by atoms with Gasteiger partial charge in [0, 0.05) is 0 Å². The van der Waals surface area contributed by atoms with E-state index in [1.807, 2.05) is 48.6 Å². The van der Waals surface area contributed by atoms with Gasteiger partial charge in [-0.05, 0) is 42.6 Å². The van der Waals surface area contributed by atoms with Gasteiger partial charge in [-0.3, -0.25) is 0 Å². The summed E-state index contributed by atoms with van der Waals surface area (Å²) in [5.74, 6) is 0.704. The molecule has 0 aliphatic heterocycles.